The number of hydrogen-bond donors (Lipinski definition) is 2. The Morgan fingerprint density at radius 1 is 1.23 bits per heavy atom. The maximum Gasteiger partial charge on any atom is 0.132 e. The Labute approximate surface area is 135 Å². The Kier molecular flexibility index (Phi) is 6.24. The molecule has 4 nitrogen and oxygen atoms in total. The lowest BCUT2D eigenvalue weighted by molar-refractivity contribution is 0.170. The van der Waals surface area contributed by atoms with E-state index in [4.69, 9.17) is 4.74 Å². The minimum atomic E-state index is -0.544. The molecule has 22 heavy (non-hydrogen) atoms. The Hall–Kier alpha value is -1.56. The van der Waals surface area contributed by atoms with E-state index in [1.807, 2.05) is 24.5 Å². The van der Waals surface area contributed by atoms with E-state index >= 15 is 0 Å². The van der Waals surface area contributed by atoms with Crippen LogP contribution >= 0.6 is 11.8 Å². The van der Waals surface area contributed by atoms with Gasteiger partial charge in [0.25, 0.3) is 0 Å². The van der Waals surface area contributed by atoms with Gasteiger partial charge in [0.1, 0.15) is 5.75 Å². The van der Waals surface area contributed by atoms with Crippen LogP contribution in [-0.2, 0) is 0 Å². The second kappa shape index (κ2) is 8.17. The zero-order valence-electron chi connectivity index (χ0n) is 13.1. The van der Waals surface area contributed by atoms with Crippen LogP contribution in [-0.4, -0.2) is 30.0 Å². The highest BCUT2D eigenvalue weighted by Crippen LogP contribution is 2.30. The van der Waals surface area contributed by atoms with E-state index in [-0.39, 0.29) is 6.04 Å². The van der Waals surface area contributed by atoms with Gasteiger partial charge in [-0.1, -0.05) is 6.07 Å². The van der Waals surface area contributed by atoms with Gasteiger partial charge >= 0.3 is 0 Å². The highest BCUT2D eigenvalue weighted by Gasteiger charge is 2.12. The first-order chi connectivity index (χ1) is 10.7. The first kappa shape index (κ1) is 16.8. The number of nitrogens with one attached hydrogen (secondary N) is 1. The summed E-state index contributed by atoms with van der Waals surface area (Å²) in [5, 5.41) is 13.5. The Morgan fingerprint density at radius 3 is 2.59 bits per heavy atom. The molecule has 0 saturated carbocycles. The molecule has 5 heteroatoms. The lowest BCUT2D eigenvalue weighted by Gasteiger charge is -2.19. The van der Waals surface area contributed by atoms with Crippen LogP contribution in [0.5, 0.6) is 5.75 Å². The summed E-state index contributed by atoms with van der Waals surface area (Å²) in [5.41, 5.74) is 2.00. The number of pyridine rings is 1. The largest absolute Gasteiger partial charge is 0.496 e. The summed E-state index contributed by atoms with van der Waals surface area (Å²) >= 11 is 1.66. The van der Waals surface area contributed by atoms with Gasteiger partial charge in [-0.3, -0.25) is 4.98 Å². The molecule has 0 fully saturated rings. The van der Waals surface area contributed by atoms with E-state index in [1.165, 1.54) is 0 Å². The summed E-state index contributed by atoms with van der Waals surface area (Å²) in [5.74, 6) is 0.883. The molecule has 0 aliphatic rings. The third kappa shape index (κ3) is 4.22. The van der Waals surface area contributed by atoms with Gasteiger partial charge in [-0.25, -0.2) is 0 Å². The fourth-order valence-corrected chi connectivity index (χ4v) is 2.78. The van der Waals surface area contributed by atoms with Gasteiger partial charge in [0.15, 0.2) is 0 Å². The normalized spacial score (nSPS) is 13.6. The van der Waals surface area contributed by atoms with E-state index in [9.17, 15) is 5.11 Å². The van der Waals surface area contributed by atoms with Crippen molar-refractivity contribution in [3.05, 3.63) is 53.9 Å². The molecule has 118 valence electrons. The molecule has 1 aromatic carbocycles. The van der Waals surface area contributed by atoms with Crippen molar-refractivity contribution in [1.82, 2.24) is 10.3 Å². The van der Waals surface area contributed by atoms with Crippen LogP contribution in [0.3, 0.4) is 0 Å². The molecule has 0 saturated heterocycles. The standard InChI is InChI=1S/C17H22N2O2S/c1-12(14-4-5-17(22-3)16(10-14)21-2)19-11-15(20)13-6-8-18-9-7-13/h4-10,12,15,19-20H,11H2,1-3H3. The topological polar surface area (TPSA) is 54.4 Å². The number of hydrogen-bond acceptors (Lipinski definition) is 5. The van der Waals surface area contributed by atoms with E-state index in [0.717, 1.165) is 21.8 Å². The smallest absolute Gasteiger partial charge is 0.132 e. The molecule has 2 rings (SSSR count). The summed E-state index contributed by atoms with van der Waals surface area (Å²) in [6, 6.07) is 9.98. The molecular weight excluding hydrogens is 296 g/mol. The minimum absolute atomic E-state index is 0.126. The predicted octanol–water partition coefficient (Wildman–Crippen LogP) is 3.20. The zero-order chi connectivity index (χ0) is 15.9. The SMILES string of the molecule is COc1cc(C(C)NCC(O)c2ccncc2)ccc1SC. The molecule has 2 aromatic rings. The van der Waals surface area contributed by atoms with Crippen molar-refractivity contribution in [2.45, 2.75) is 24.0 Å². The maximum atomic E-state index is 10.2. The number of benzene rings is 1. The third-order valence-electron chi connectivity index (χ3n) is 3.62. The van der Waals surface area contributed by atoms with Crippen LogP contribution in [0.25, 0.3) is 0 Å². The fourth-order valence-electron chi connectivity index (χ4n) is 2.23. The highest BCUT2D eigenvalue weighted by molar-refractivity contribution is 7.98. The predicted molar refractivity (Wildman–Crippen MR) is 90.4 cm³/mol. The van der Waals surface area contributed by atoms with E-state index in [2.05, 4.69) is 29.4 Å². The molecule has 0 aliphatic heterocycles. The zero-order valence-corrected chi connectivity index (χ0v) is 13.9. The lowest BCUT2D eigenvalue weighted by atomic mass is 10.1. The minimum Gasteiger partial charge on any atom is -0.496 e. The van der Waals surface area contributed by atoms with Crippen LogP contribution in [0.1, 0.15) is 30.2 Å². The summed E-state index contributed by atoms with van der Waals surface area (Å²) in [6.07, 6.45) is 4.87. The van der Waals surface area contributed by atoms with Crippen LogP contribution in [0, 0.1) is 0 Å². The number of aromatic nitrogens is 1. The van der Waals surface area contributed by atoms with Crippen LogP contribution in [0.2, 0.25) is 0 Å². The molecule has 0 spiro atoms. The number of rotatable bonds is 7. The molecular formula is C17H22N2O2S. The second-order valence-corrected chi connectivity index (χ2v) is 5.89. The van der Waals surface area contributed by atoms with Crippen LogP contribution in [0.15, 0.2) is 47.6 Å². The molecule has 2 unspecified atom stereocenters. The van der Waals surface area contributed by atoms with Gasteiger partial charge in [-0.2, -0.15) is 0 Å². The Bertz CT molecular complexity index is 592. The highest BCUT2D eigenvalue weighted by atomic mass is 32.2. The molecule has 2 atom stereocenters. The van der Waals surface area contributed by atoms with Crippen molar-refractivity contribution >= 4 is 11.8 Å². The quantitative estimate of drug-likeness (QED) is 0.768. The van der Waals surface area contributed by atoms with E-state index in [1.54, 1.807) is 31.3 Å². The fraction of sp³-hybridized carbons (Fsp3) is 0.353. The summed E-state index contributed by atoms with van der Waals surface area (Å²) in [6.45, 7) is 2.56. The molecule has 0 radical (unpaired) electrons. The summed E-state index contributed by atoms with van der Waals surface area (Å²) in [7, 11) is 1.68. The van der Waals surface area contributed by atoms with Gasteiger partial charge in [0.05, 0.1) is 13.2 Å². The molecule has 0 aliphatic carbocycles. The van der Waals surface area contributed by atoms with Crippen molar-refractivity contribution < 1.29 is 9.84 Å². The number of nitrogens with zero attached hydrogens (tertiary/aromatic N) is 1. The monoisotopic (exact) mass is 318 g/mol. The molecule has 0 bridgehead atoms. The van der Waals surface area contributed by atoms with Gasteiger partial charge in [0, 0.05) is 29.9 Å². The lowest BCUT2D eigenvalue weighted by Crippen LogP contribution is -2.24. The van der Waals surface area contributed by atoms with E-state index in [0.29, 0.717) is 6.54 Å². The van der Waals surface area contributed by atoms with Gasteiger partial charge in [-0.15, -0.1) is 11.8 Å². The summed E-state index contributed by atoms with van der Waals surface area (Å²) < 4.78 is 5.42. The average Bonchev–Trinajstić information content (AvgIpc) is 2.59. The third-order valence-corrected chi connectivity index (χ3v) is 4.39. The number of aliphatic hydroxyl groups is 1. The van der Waals surface area contributed by atoms with Crippen LogP contribution in [0.4, 0.5) is 0 Å². The molecule has 1 aromatic heterocycles. The van der Waals surface area contributed by atoms with Gasteiger partial charge in [-0.05, 0) is 48.6 Å². The van der Waals surface area contributed by atoms with Crippen molar-refractivity contribution in [3.8, 4) is 5.75 Å². The van der Waals surface area contributed by atoms with Crippen molar-refractivity contribution in [3.63, 3.8) is 0 Å². The van der Waals surface area contributed by atoms with Crippen molar-refractivity contribution in [1.29, 1.82) is 0 Å². The van der Waals surface area contributed by atoms with Crippen molar-refractivity contribution in [2.24, 2.45) is 0 Å². The second-order valence-electron chi connectivity index (χ2n) is 5.04. The number of ether oxygens (including phenoxy) is 1. The number of aliphatic hydroxyl groups excluding tert-OH is 1. The first-order valence-corrected chi connectivity index (χ1v) is 8.41. The maximum absolute atomic E-state index is 10.2. The van der Waals surface area contributed by atoms with Gasteiger partial charge < -0.3 is 15.2 Å². The first-order valence-electron chi connectivity index (χ1n) is 7.19. The number of methoxy groups -OCH3 is 1. The molecule has 1 heterocycles. The van der Waals surface area contributed by atoms with E-state index < -0.39 is 6.10 Å². The summed E-state index contributed by atoms with van der Waals surface area (Å²) in [4.78, 5) is 5.08. The molecule has 2 N–H and O–H groups in total. The average molecular weight is 318 g/mol. The molecule has 0 amide bonds. The Balaban J connectivity index is 1.99. The van der Waals surface area contributed by atoms with Crippen molar-refractivity contribution in [2.75, 3.05) is 19.9 Å². The van der Waals surface area contributed by atoms with Gasteiger partial charge in [0.2, 0.25) is 0 Å². The number of thioether (sulfide) groups is 1. The Morgan fingerprint density at radius 2 is 1.95 bits per heavy atom. The van der Waals surface area contributed by atoms with Crippen LogP contribution < -0.4 is 10.1 Å².